The molecule has 0 atom stereocenters. The van der Waals surface area contributed by atoms with Crippen LogP contribution in [-0.4, -0.2) is 19.7 Å². The van der Waals surface area contributed by atoms with Crippen molar-refractivity contribution in [3.8, 4) is 40.2 Å². The van der Waals surface area contributed by atoms with Crippen LogP contribution < -0.4 is 4.74 Å². The van der Waals surface area contributed by atoms with Crippen molar-refractivity contribution in [3.05, 3.63) is 94.9 Å². The molecule has 3 aromatic carbocycles. The minimum Gasteiger partial charge on any atom is -0.457 e. The highest BCUT2D eigenvalue weighted by Crippen LogP contribution is 2.28. The molecule has 33 heavy (non-hydrogen) atoms. The van der Waals surface area contributed by atoms with E-state index >= 15 is 0 Å². The molecule has 0 amide bonds. The van der Waals surface area contributed by atoms with Crippen molar-refractivity contribution in [1.29, 1.82) is 0 Å². The maximum atomic E-state index is 13.3. The minimum absolute atomic E-state index is 0.182. The van der Waals surface area contributed by atoms with E-state index < -0.39 is 11.6 Å². The summed E-state index contributed by atoms with van der Waals surface area (Å²) in [6, 6.07) is 15.3. The van der Waals surface area contributed by atoms with Crippen molar-refractivity contribution in [1.82, 2.24) is 19.7 Å². The Bertz CT molecular complexity index is 1450. The fourth-order valence-electron chi connectivity index (χ4n) is 3.01. The summed E-state index contributed by atoms with van der Waals surface area (Å²) in [5.74, 6) is -0.702. The van der Waals surface area contributed by atoms with Gasteiger partial charge in [0.15, 0.2) is 11.6 Å². The summed E-state index contributed by atoms with van der Waals surface area (Å²) in [7, 11) is 0. The molecule has 2 aromatic heterocycles. The number of benzene rings is 3. The molecule has 0 unspecified atom stereocenters. The van der Waals surface area contributed by atoms with Gasteiger partial charge in [-0.1, -0.05) is 28.4 Å². The number of ether oxygens (including phenoxy) is 1. The van der Waals surface area contributed by atoms with Crippen LogP contribution in [0.1, 0.15) is 0 Å². The average molecular weight is 485 g/mol. The van der Waals surface area contributed by atoms with E-state index in [1.165, 1.54) is 6.07 Å². The Hall–Kier alpha value is -3.75. The average Bonchev–Trinajstić information content (AvgIpc) is 3.49. The van der Waals surface area contributed by atoms with E-state index in [1.54, 1.807) is 53.5 Å². The molecule has 0 aliphatic carbocycles. The van der Waals surface area contributed by atoms with Crippen LogP contribution in [0, 0.1) is 11.6 Å². The SMILES string of the molecule is Fc1ccc(Oc2ccc(-c3noc(-c4cn(-c5ccc(Cl)c(Cl)c5)cn4)n3)cc2)cc1F. The second-order valence-corrected chi connectivity index (χ2v) is 7.70. The molecule has 0 saturated carbocycles. The molecule has 0 spiro atoms. The van der Waals surface area contributed by atoms with Gasteiger partial charge in [-0.25, -0.2) is 13.8 Å². The van der Waals surface area contributed by atoms with Crippen molar-refractivity contribution in [2.24, 2.45) is 0 Å². The van der Waals surface area contributed by atoms with Crippen LogP contribution in [0.5, 0.6) is 11.5 Å². The number of halogens is 4. The van der Waals surface area contributed by atoms with Crippen LogP contribution in [0.4, 0.5) is 8.78 Å². The lowest BCUT2D eigenvalue weighted by atomic mass is 10.2. The molecule has 6 nitrogen and oxygen atoms in total. The molecule has 2 heterocycles. The lowest BCUT2D eigenvalue weighted by molar-refractivity contribution is 0.431. The molecular formula is C23H12Cl2F2N4O2. The maximum Gasteiger partial charge on any atom is 0.278 e. The summed E-state index contributed by atoms with van der Waals surface area (Å²) in [6.07, 6.45) is 3.33. The van der Waals surface area contributed by atoms with Gasteiger partial charge in [0.1, 0.15) is 23.5 Å². The number of nitrogens with zero attached hydrogens (tertiary/aromatic N) is 4. The van der Waals surface area contributed by atoms with Crippen LogP contribution in [0.25, 0.3) is 28.7 Å². The lowest BCUT2D eigenvalue weighted by Crippen LogP contribution is -1.89. The van der Waals surface area contributed by atoms with Gasteiger partial charge < -0.3 is 13.8 Å². The second kappa shape index (κ2) is 8.65. The van der Waals surface area contributed by atoms with E-state index in [2.05, 4.69) is 15.1 Å². The molecule has 0 radical (unpaired) electrons. The molecule has 0 aliphatic heterocycles. The molecule has 0 aliphatic rings. The number of hydrogen-bond donors (Lipinski definition) is 0. The predicted molar refractivity (Wildman–Crippen MR) is 119 cm³/mol. The summed E-state index contributed by atoms with van der Waals surface area (Å²) >= 11 is 12.0. The van der Waals surface area contributed by atoms with Crippen molar-refractivity contribution in [3.63, 3.8) is 0 Å². The summed E-state index contributed by atoms with van der Waals surface area (Å²) in [5, 5.41) is 4.89. The van der Waals surface area contributed by atoms with Gasteiger partial charge in [0.05, 0.1) is 10.0 Å². The van der Waals surface area contributed by atoms with Gasteiger partial charge in [-0.05, 0) is 54.6 Å². The fraction of sp³-hybridized carbons (Fsp3) is 0. The molecule has 164 valence electrons. The number of hydrogen-bond acceptors (Lipinski definition) is 5. The van der Waals surface area contributed by atoms with Crippen LogP contribution >= 0.6 is 23.2 Å². The lowest BCUT2D eigenvalue weighted by Gasteiger charge is -2.06. The van der Waals surface area contributed by atoms with Crippen molar-refractivity contribution < 1.29 is 18.0 Å². The van der Waals surface area contributed by atoms with E-state index in [4.69, 9.17) is 32.5 Å². The van der Waals surface area contributed by atoms with Crippen molar-refractivity contribution in [2.75, 3.05) is 0 Å². The number of rotatable bonds is 5. The quantitative estimate of drug-likeness (QED) is 0.269. The number of aromatic nitrogens is 4. The molecule has 10 heteroatoms. The smallest absolute Gasteiger partial charge is 0.278 e. The summed E-state index contributed by atoms with van der Waals surface area (Å²) in [4.78, 5) is 8.70. The topological polar surface area (TPSA) is 66.0 Å². The third kappa shape index (κ3) is 4.44. The summed E-state index contributed by atoms with van der Waals surface area (Å²) in [5.41, 5.74) is 1.93. The normalized spacial score (nSPS) is 11.0. The van der Waals surface area contributed by atoms with Gasteiger partial charge in [-0.3, -0.25) is 0 Å². The molecular weight excluding hydrogens is 473 g/mol. The molecule has 5 rings (SSSR count). The summed E-state index contributed by atoms with van der Waals surface area (Å²) in [6.45, 7) is 0. The summed E-state index contributed by atoms with van der Waals surface area (Å²) < 4.78 is 39.0. The first kappa shape index (κ1) is 21.1. The largest absolute Gasteiger partial charge is 0.457 e. The molecule has 0 bridgehead atoms. The zero-order valence-electron chi connectivity index (χ0n) is 16.5. The second-order valence-electron chi connectivity index (χ2n) is 6.89. The standard InChI is InChI=1S/C23H12Cl2F2N4O2/c24-17-7-3-14(9-18(17)25)31-11-21(28-12-31)23-29-22(30-33-23)13-1-4-15(5-2-13)32-16-6-8-19(26)20(27)10-16/h1-12H. The van der Waals surface area contributed by atoms with Gasteiger partial charge in [0.25, 0.3) is 5.89 Å². The Kier molecular flexibility index (Phi) is 5.53. The van der Waals surface area contributed by atoms with Gasteiger partial charge in [-0.15, -0.1) is 0 Å². The van der Waals surface area contributed by atoms with Crippen molar-refractivity contribution >= 4 is 23.2 Å². The highest BCUT2D eigenvalue weighted by molar-refractivity contribution is 6.42. The van der Waals surface area contributed by atoms with Crippen LogP contribution in [0.3, 0.4) is 0 Å². The van der Waals surface area contributed by atoms with E-state index in [1.807, 2.05) is 6.07 Å². The van der Waals surface area contributed by atoms with Crippen LogP contribution in [0.15, 0.2) is 77.7 Å². The first-order valence-corrected chi connectivity index (χ1v) is 10.3. The van der Waals surface area contributed by atoms with Gasteiger partial charge >= 0.3 is 0 Å². The highest BCUT2D eigenvalue weighted by atomic mass is 35.5. The Morgan fingerprint density at radius 2 is 1.64 bits per heavy atom. The molecule has 5 aromatic rings. The monoisotopic (exact) mass is 484 g/mol. The van der Waals surface area contributed by atoms with Gasteiger partial charge in [0, 0.05) is 23.5 Å². The maximum absolute atomic E-state index is 13.3. The van der Waals surface area contributed by atoms with Crippen LogP contribution in [0.2, 0.25) is 10.0 Å². The first-order valence-electron chi connectivity index (χ1n) is 9.53. The first-order chi connectivity index (χ1) is 16.0. The Labute approximate surface area is 196 Å². The minimum atomic E-state index is -0.981. The molecule has 0 fully saturated rings. The fourth-order valence-corrected chi connectivity index (χ4v) is 3.31. The zero-order valence-corrected chi connectivity index (χ0v) is 18.1. The third-order valence-corrected chi connectivity index (χ3v) is 5.41. The van der Waals surface area contributed by atoms with E-state index in [9.17, 15) is 8.78 Å². The van der Waals surface area contributed by atoms with Crippen molar-refractivity contribution in [2.45, 2.75) is 0 Å². The predicted octanol–water partition coefficient (Wildman–Crippen LogP) is 6.97. The third-order valence-electron chi connectivity index (χ3n) is 4.67. The zero-order chi connectivity index (χ0) is 22.9. The van der Waals surface area contributed by atoms with Crippen LogP contribution in [-0.2, 0) is 0 Å². The Balaban J connectivity index is 1.33. The Morgan fingerprint density at radius 3 is 2.39 bits per heavy atom. The van der Waals surface area contributed by atoms with E-state index in [-0.39, 0.29) is 11.6 Å². The van der Waals surface area contributed by atoms with E-state index in [0.29, 0.717) is 32.9 Å². The van der Waals surface area contributed by atoms with E-state index in [0.717, 1.165) is 17.8 Å². The highest BCUT2D eigenvalue weighted by Gasteiger charge is 2.14. The molecule has 0 saturated heterocycles. The Morgan fingerprint density at radius 1 is 0.848 bits per heavy atom. The van der Waals surface area contributed by atoms with Gasteiger partial charge in [-0.2, -0.15) is 4.98 Å². The molecule has 0 N–H and O–H groups in total. The van der Waals surface area contributed by atoms with Gasteiger partial charge in [0.2, 0.25) is 5.82 Å². The number of imidazole rings is 1.